The Morgan fingerprint density at radius 2 is 2.05 bits per heavy atom. The van der Waals surface area contributed by atoms with Crippen LogP contribution in [0, 0.1) is 11.8 Å². The van der Waals surface area contributed by atoms with Crippen LogP contribution in [-0.4, -0.2) is 64.3 Å². The summed E-state index contributed by atoms with van der Waals surface area (Å²) < 4.78 is 0. The third-order valence-corrected chi connectivity index (χ3v) is 4.61. The van der Waals surface area contributed by atoms with Crippen molar-refractivity contribution in [3.8, 4) is 0 Å². The fourth-order valence-electron chi connectivity index (χ4n) is 2.67. The van der Waals surface area contributed by atoms with Crippen molar-refractivity contribution in [3.63, 3.8) is 0 Å². The number of amides is 2. The zero-order valence-electron chi connectivity index (χ0n) is 13.5. The van der Waals surface area contributed by atoms with Crippen molar-refractivity contribution in [2.24, 2.45) is 11.8 Å². The Hall–Kier alpha value is -1.30. The fourth-order valence-corrected chi connectivity index (χ4v) is 2.67. The van der Waals surface area contributed by atoms with E-state index in [1.807, 2.05) is 20.8 Å². The summed E-state index contributed by atoms with van der Waals surface area (Å²) in [6.45, 7) is 6.77. The Morgan fingerprint density at radius 3 is 2.57 bits per heavy atom. The Morgan fingerprint density at radius 1 is 1.43 bits per heavy atom. The summed E-state index contributed by atoms with van der Waals surface area (Å²) in [5, 5.41) is 18.3. The van der Waals surface area contributed by atoms with Crippen LogP contribution in [0.25, 0.3) is 0 Å². The van der Waals surface area contributed by atoms with Gasteiger partial charge < -0.3 is 20.0 Å². The summed E-state index contributed by atoms with van der Waals surface area (Å²) >= 11 is 0. The molecular weight excluding hydrogens is 272 g/mol. The van der Waals surface area contributed by atoms with Crippen molar-refractivity contribution in [2.45, 2.75) is 45.6 Å². The number of likely N-dealkylation sites (N-methyl/N-ethyl adjacent to an activating group) is 1. The first-order chi connectivity index (χ1) is 9.69. The molecule has 1 aliphatic rings. The lowest BCUT2D eigenvalue weighted by molar-refractivity contribution is -0.138. The molecule has 122 valence electrons. The molecule has 0 saturated carbocycles. The number of carboxylic acids is 1. The Bertz CT molecular complexity index is 384. The normalized spacial score (nSPS) is 21.0. The molecule has 1 rings (SSSR count). The first-order valence-corrected chi connectivity index (χ1v) is 7.54. The largest absolute Gasteiger partial charge is 0.481 e. The fraction of sp³-hybridized carbons (Fsp3) is 0.867. The SMILES string of the molecule is CC(CC(=O)O)C1CCCN(C(=O)N(C)C(C)(C)CO)C1. The molecule has 21 heavy (non-hydrogen) atoms. The predicted octanol–water partition coefficient (Wildman–Crippen LogP) is 1.63. The third-order valence-electron chi connectivity index (χ3n) is 4.61. The number of nitrogens with zero attached hydrogens (tertiary/aromatic N) is 2. The number of aliphatic hydroxyl groups is 1. The average Bonchev–Trinajstić information content (AvgIpc) is 2.45. The first-order valence-electron chi connectivity index (χ1n) is 7.54. The number of hydrogen-bond acceptors (Lipinski definition) is 3. The van der Waals surface area contributed by atoms with Crippen LogP contribution in [0.1, 0.15) is 40.0 Å². The number of carbonyl (C=O) groups excluding carboxylic acids is 1. The van der Waals surface area contributed by atoms with Gasteiger partial charge in [0.25, 0.3) is 0 Å². The van der Waals surface area contributed by atoms with E-state index in [0.29, 0.717) is 13.1 Å². The highest BCUT2D eigenvalue weighted by Gasteiger charge is 2.34. The van der Waals surface area contributed by atoms with Gasteiger partial charge in [-0.3, -0.25) is 4.79 Å². The number of aliphatic hydroxyl groups excluding tert-OH is 1. The van der Waals surface area contributed by atoms with E-state index in [1.165, 1.54) is 0 Å². The lowest BCUT2D eigenvalue weighted by Gasteiger charge is -2.41. The van der Waals surface area contributed by atoms with Crippen LogP contribution in [0.15, 0.2) is 0 Å². The number of piperidine rings is 1. The van der Waals surface area contributed by atoms with E-state index < -0.39 is 11.5 Å². The second-order valence-electron chi connectivity index (χ2n) is 6.74. The van der Waals surface area contributed by atoms with Gasteiger partial charge in [0.2, 0.25) is 0 Å². The minimum Gasteiger partial charge on any atom is -0.481 e. The molecule has 0 aromatic heterocycles. The highest BCUT2D eigenvalue weighted by atomic mass is 16.4. The van der Waals surface area contributed by atoms with Gasteiger partial charge in [0.15, 0.2) is 0 Å². The van der Waals surface area contributed by atoms with Crippen LogP contribution >= 0.6 is 0 Å². The lowest BCUT2D eigenvalue weighted by atomic mass is 9.85. The van der Waals surface area contributed by atoms with Crippen LogP contribution in [0.5, 0.6) is 0 Å². The van der Waals surface area contributed by atoms with Crippen LogP contribution in [0.3, 0.4) is 0 Å². The zero-order valence-corrected chi connectivity index (χ0v) is 13.5. The molecule has 0 aromatic rings. The molecule has 2 atom stereocenters. The smallest absolute Gasteiger partial charge is 0.320 e. The van der Waals surface area contributed by atoms with Crippen molar-refractivity contribution in [2.75, 3.05) is 26.7 Å². The number of likely N-dealkylation sites (tertiary alicyclic amines) is 1. The molecule has 2 N–H and O–H groups in total. The van der Waals surface area contributed by atoms with E-state index >= 15 is 0 Å². The third kappa shape index (κ3) is 4.59. The molecule has 1 saturated heterocycles. The summed E-state index contributed by atoms with van der Waals surface area (Å²) in [5.41, 5.74) is -0.600. The van der Waals surface area contributed by atoms with Crippen LogP contribution in [0.2, 0.25) is 0 Å². The van der Waals surface area contributed by atoms with Gasteiger partial charge >= 0.3 is 12.0 Å². The quantitative estimate of drug-likeness (QED) is 0.808. The number of rotatable bonds is 5. The molecule has 1 aliphatic heterocycles. The molecule has 1 heterocycles. The maximum atomic E-state index is 12.5. The van der Waals surface area contributed by atoms with E-state index in [-0.39, 0.29) is 30.9 Å². The van der Waals surface area contributed by atoms with Crippen molar-refractivity contribution >= 4 is 12.0 Å². The first kappa shape index (κ1) is 17.8. The van der Waals surface area contributed by atoms with Gasteiger partial charge in [-0.25, -0.2) is 4.79 Å². The molecule has 0 spiro atoms. The monoisotopic (exact) mass is 300 g/mol. The van der Waals surface area contributed by atoms with E-state index in [4.69, 9.17) is 5.11 Å². The number of aliphatic carboxylic acids is 1. The Balaban J connectivity index is 2.67. The summed E-state index contributed by atoms with van der Waals surface area (Å²) in [4.78, 5) is 26.7. The summed E-state index contributed by atoms with van der Waals surface area (Å²) in [7, 11) is 1.70. The molecule has 2 unspecified atom stereocenters. The van der Waals surface area contributed by atoms with Crippen molar-refractivity contribution in [1.29, 1.82) is 0 Å². The second-order valence-corrected chi connectivity index (χ2v) is 6.74. The Kier molecular flexibility index (Phi) is 6.01. The van der Waals surface area contributed by atoms with E-state index in [2.05, 4.69) is 0 Å². The second kappa shape index (κ2) is 7.11. The zero-order chi connectivity index (χ0) is 16.2. The van der Waals surface area contributed by atoms with Gasteiger partial charge in [-0.1, -0.05) is 6.92 Å². The topological polar surface area (TPSA) is 81.1 Å². The maximum Gasteiger partial charge on any atom is 0.320 e. The maximum absolute atomic E-state index is 12.5. The standard InChI is InChI=1S/C15H28N2O4/c1-11(8-13(19)20)12-6-5-7-17(9-12)14(21)16(4)15(2,3)10-18/h11-12,18H,5-10H2,1-4H3,(H,19,20). The average molecular weight is 300 g/mol. The van der Waals surface area contributed by atoms with Gasteiger partial charge in [-0.15, -0.1) is 0 Å². The number of carbonyl (C=O) groups is 2. The molecule has 0 aliphatic carbocycles. The molecule has 0 bridgehead atoms. The highest BCUT2D eigenvalue weighted by Crippen LogP contribution is 2.27. The van der Waals surface area contributed by atoms with Gasteiger partial charge in [-0.2, -0.15) is 0 Å². The summed E-state index contributed by atoms with van der Waals surface area (Å²) in [5.74, 6) is -0.497. The number of hydrogen-bond donors (Lipinski definition) is 2. The minimum atomic E-state index is -0.788. The summed E-state index contributed by atoms with van der Waals surface area (Å²) in [6.07, 6.45) is 2.00. The molecule has 0 radical (unpaired) electrons. The molecule has 1 fully saturated rings. The number of carboxylic acid groups (broad SMARTS) is 1. The molecule has 2 amide bonds. The van der Waals surface area contributed by atoms with Crippen LogP contribution < -0.4 is 0 Å². The minimum absolute atomic E-state index is 0.0641. The predicted molar refractivity (Wildman–Crippen MR) is 80.0 cm³/mol. The van der Waals surface area contributed by atoms with Gasteiger partial charge in [-0.05, 0) is 38.5 Å². The Labute approximate surface area is 126 Å². The number of urea groups is 1. The molecule has 6 nitrogen and oxygen atoms in total. The van der Waals surface area contributed by atoms with Crippen LogP contribution in [0.4, 0.5) is 4.79 Å². The molecular formula is C15H28N2O4. The van der Waals surface area contributed by atoms with Gasteiger partial charge in [0.05, 0.1) is 12.1 Å². The van der Waals surface area contributed by atoms with E-state index in [1.54, 1.807) is 16.8 Å². The van der Waals surface area contributed by atoms with E-state index in [0.717, 1.165) is 12.8 Å². The molecule has 0 aromatic carbocycles. The van der Waals surface area contributed by atoms with Crippen LogP contribution in [-0.2, 0) is 4.79 Å². The van der Waals surface area contributed by atoms with Crippen molar-refractivity contribution in [1.82, 2.24) is 9.80 Å². The van der Waals surface area contributed by atoms with Gasteiger partial charge in [0, 0.05) is 26.6 Å². The summed E-state index contributed by atoms with van der Waals surface area (Å²) in [6, 6.07) is -0.0960. The van der Waals surface area contributed by atoms with Gasteiger partial charge in [0.1, 0.15) is 0 Å². The van der Waals surface area contributed by atoms with Crippen molar-refractivity contribution in [3.05, 3.63) is 0 Å². The highest BCUT2D eigenvalue weighted by molar-refractivity contribution is 5.75. The lowest BCUT2D eigenvalue weighted by Crippen LogP contribution is -2.55. The molecule has 6 heteroatoms. The van der Waals surface area contributed by atoms with Crippen molar-refractivity contribution < 1.29 is 19.8 Å². The van der Waals surface area contributed by atoms with E-state index in [9.17, 15) is 14.7 Å².